The van der Waals surface area contributed by atoms with E-state index >= 15 is 4.39 Å². The van der Waals surface area contributed by atoms with Crippen LogP contribution in [0.15, 0.2) is 78.1 Å². The number of aromatic nitrogens is 3. The monoisotopic (exact) mass is 561 g/mol. The molecule has 10 nitrogen and oxygen atoms in total. The molecule has 0 fully saturated rings. The Balaban J connectivity index is 1.61. The van der Waals surface area contributed by atoms with Gasteiger partial charge in [0.1, 0.15) is 11.3 Å². The standard InChI is InChI=1S/C28H24FN5O5S/c1-17-5-7-21(8-6-17)40(38,39)34-16-23(19-12-18-4-2-9-30-25(18)24(29)14-19)22-13-20(15-33-26(22)34)27(35)31-10-3-11-32-28(36)37/h2,4-9,12-16,32H,3,10-11H2,1H3,(H,31,35)(H,36,37). The fourth-order valence-corrected chi connectivity index (χ4v) is 5.66. The molecule has 40 heavy (non-hydrogen) atoms. The summed E-state index contributed by atoms with van der Waals surface area (Å²) in [5.74, 6) is -1.05. The number of carbonyl (C=O) groups excluding carboxylic acids is 1. The Morgan fingerprint density at radius 1 is 1.02 bits per heavy atom. The molecule has 0 bridgehead atoms. The predicted octanol–water partition coefficient (Wildman–Crippen LogP) is 4.32. The number of halogens is 1. The highest BCUT2D eigenvalue weighted by Gasteiger charge is 2.24. The van der Waals surface area contributed by atoms with Gasteiger partial charge in [0.25, 0.3) is 15.9 Å². The third-order valence-corrected chi connectivity index (χ3v) is 8.00. The molecule has 5 aromatic rings. The van der Waals surface area contributed by atoms with Crippen LogP contribution in [0.1, 0.15) is 22.3 Å². The highest BCUT2D eigenvalue weighted by Crippen LogP contribution is 2.35. The topological polar surface area (TPSA) is 143 Å². The largest absolute Gasteiger partial charge is 0.465 e. The van der Waals surface area contributed by atoms with Crippen molar-refractivity contribution in [3.05, 3.63) is 90.1 Å². The quantitative estimate of drug-likeness (QED) is 0.239. The molecule has 2 aromatic carbocycles. The van der Waals surface area contributed by atoms with Gasteiger partial charge in [0.2, 0.25) is 0 Å². The molecular formula is C28H24FN5O5S. The number of hydrogen-bond donors (Lipinski definition) is 3. The van der Waals surface area contributed by atoms with E-state index in [-0.39, 0.29) is 34.7 Å². The molecular weight excluding hydrogens is 537 g/mol. The fraction of sp³-hybridized carbons (Fsp3) is 0.143. The highest BCUT2D eigenvalue weighted by atomic mass is 32.2. The minimum absolute atomic E-state index is 0.0500. The second kappa shape index (κ2) is 10.7. The third kappa shape index (κ3) is 5.21. The Morgan fingerprint density at radius 3 is 2.52 bits per heavy atom. The van der Waals surface area contributed by atoms with Crippen molar-refractivity contribution in [2.75, 3.05) is 13.1 Å². The number of carbonyl (C=O) groups is 2. The first-order chi connectivity index (χ1) is 19.1. The summed E-state index contributed by atoms with van der Waals surface area (Å²) >= 11 is 0. The average Bonchev–Trinajstić information content (AvgIpc) is 3.33. The van der Waals surface area contributed by atoms with E-state index in [9.17, 15) is 18.0 Å². The summed E-state index contributed by atoms with van der Waals surface area (Å²) < 4.78 is 43.4. The van der Waals surface area contributed by atoms with E-state index in [1.165, 1.54) is 42.9 Å². The molecule has 0 spiro atoms. The van der Waals surface area contributed by atoms with Gasteiger partial charge in [-0.15, -0.1) is 0 Å². The average molecular weight is 562 g/mol. The van der Waals surface area contributed by atoms with Gasteiger partial charge in [0.05, 0.1) is 10.5 Å². The van der Waals surface area contributed by atoms with Crippen molar-refractivity contribution in [2.45, 2.75) is 18.2 Å². The van der Waals surface area contributed by atoms with Gasteiger partial charge in [0.15, 0.2) is 5.65 Å². The van der Waals surface area contributed by atoms with Crippen LogP contribution in [0, 0.1) is 12.7 Å². The number of benzene rings is 2. The molecule has 2 amide bonds. The maximum atomic E-state index is 15.0. The van der Waals surface area contributed by atoms with Crippen LogP contribution < -0.4 is 10.6 Å². The van der Waals surface area contributed by atoms with E-state index in [1.54, 1.807) is 30.3 Å². The number of carboxylic acid groups (broad SMARTS) is 1. The van der Waals surface area contributed by atoms with Crippen molar-refractivity contribution < 1.29 is 27.5 Å². The van der Waals surface area contributed by atoms with Crippen LogP contribution in [0.4, 0.5) is 9.18 Å². The Hall–Kier alpha value is -4.84. The Bertz CT molecular complexity index is 1870. The van der Waals surface area contributed by atoms with E-state index in [4.69, 9.17) is 5.11 Å². The summed E-state index contributed by atoms with van der Waals surface area (Å²) in [6.07, 6.45) is 3.35. The van der Waals surface area contributed by atoms with E-state index in [0.717, 1.165) is 9.54 Å². The zero-order valence-corrected chi connectivity index (χ0v) is 22.1. The van der Waals surface area contributed by atoms with Crippen molar-refractivity contribution in [2.24, 2.45) is 0 Å². The first kappa shape index (κ1) is 26.8. The Labute approximate surface area is 228 Å². The molecule has 12 heteroatoms. The van der Waals surface area contributed by atoms with E-state index in [0.29, 0.717) is 28.3 Å². The maximum Gasteiger partial charge on any atom is 0.404 e. The summed E-state index contributed by atoms with van der Waals surface area (Å²) in [5, 5.41) is 14.4. The van der Waals surface area contributed by atoms with Crippen molar-refractivity contribution in [3.8, 4) is 11.1 Å². The Morgan fingerprint density at radius 2 is 1.77 bits per heavy atom. The zero-order valence-electron chi connectivity index (χ0n) is 21.3. The lowest BCUT2D eigenvalue weighted by molar-refractivity contribution is 0.0953. The number of aryl methyl sites for hydroxylation is 1. The van der Waals surface area contributed by atoms with Crippen LogP contribution in [0.5, 0.6) is 0 Å². The zero-order chi connectivity index (χ0) is 28.4. The molecule has 0 aliphatic rings. The van der Waals surface area contributed by atoms with Gasteiger partial charge in [-0.3, -0.25) is 9.78 Å². The molecule has 204 valence electrons. The van der Waals surface area contributed by atoms with Gasteiger partial charge in [-0.25, -0.2) is 26.6 Å². The summed E-state index contributed by atoms with van der Waals surface area (Å²) in [6, 6.07) is 14.2. The summed E-state index contributed by atoms with van der Waals surface area (Å²) in [6.45, 7) is 2.22. The summed E-state index contributed by atoms with van der Waals surface area (Å²) in [7, 11) is -4.09. The molecule has 0 aliphatic heterocycles. The lowest BCUT2D eigenvalue weighted by Gasteiger charge is -2.08. The molecule has 3 N–H and O–H groups in total. The van der Waals surface area contributed by atoms with Crippen LogP contribution in [0.3, 0.4) is 0 Å². The van der Waals surface area contributed by atoms with Crippen molar-refractivity contribution in [3.63, 3.8) is 0 Å². The van der Waals surface area contributed by atoms with Gasteiger partial charge in [-0.2, -0.15) is 0 Å². The van der Waals surface area contributed by atoms with Gasteiger partial charge >= 0.3 is 6.09 Å². The molecule has 0 aliphatic carbocycles. The minimum Gasteiger partial charge on any atom is -0.465 e. The number of nitrogens with one attached hydrogen (secondary N) is 2. The SMILES string of the molecule is Cc1ccc(S(=O)(=O)n2cc(-c3cc(F)c4ncccc4c3)c3cc(C(=O)NCCCNC(=O)O)cnc32)cc1. The first-order valence-corrected chi connectivity index (χ1v) is 13.7. The first-order valence-electron chi connectivity index (χ1n) is 12.3. The molecule has 0 saturated heterocycles. The second-order valence-corrected chi connectivity index (χ2v) is 10.9. The van der Waals surface area contributed by atoms with Gasteiger partial charge < -0.3 is 15.7 Å². The molecule has 0 atom stereocenters. The molecule has 0 radical (unpaired) electrons. The number of hydrogen-bond acceptors (Lipinski definition) is 6. The number of rotatable bonds is 8. The smallest absolute Gasteiger partial charge is 0.404 e. The highest BCUT2D eigenvalue weighted by molar-refractivity contribution is 7.90. The number of pyridine rings is 2. The lowest BCUT2D eigenvalue weighted by atomic mass is 10.0. The summed E-state index contributed by atoms with van der Waals surface area (Å²) in [4.78, 5) is 31.9. The van der Waals surface area contributed by atoms with Crippen LogP contribution in [-0.2, 0) is 10.0 Å². The van der Waals surface area contributed by atoms with Gasteiger partial charge in [-0.05, 0) is 55.3 Å². The van der Waals surface area contributed by atoms with E-state index in [1.807, 2.05) is 6.92 Å². The fourth-order valence-electron chi connectivity index (χ4n) is 4.33. The third-order valence-electron chi connectivity index (χ3n) is 6.34. The van der Waals surface area contributed by atoms with Crippen LogP contribution in [0.2, 0.25) is 0 Å². The summed E-state index contributed by atoms with van der Waals surface area (Å²) in [5.41, 5.74) is 2.06. The predicted molar refractivity (Wildman–Crippen MR) is 147 cm³/mol. The lowest BCUT2D eigenvalue weighted by Crippen LogP contribution is -2.29. The van der Waals surface area contributed by atoms with Gasteiger partial charge in [-0.1, -0.05) is 23.8 Å². The number of amides is 2. The number of fused-ring (bicyclic) bond motifs is 2. The number of nitrogens with zero attached hydrogens (tertiary/aromatic N) is 3. The van der Waals surface area contributed by atoms with E-state index in [2.05, 4.69) is 20.6 Å². The molecule has 3 heterocycles. The van der Waals surface area contributed by atoms with Crippen molar-refractivity contribution in [1.29, 1.82) is 0 Å². The van der Waals surface area contributed by atoms with Crippen LogP contribution >= 0.6 is 0 Å². The van der Waals surface area contributed by atoms with Gasteiger partial charge in [0, 0.05) is 48.0 Å². The van der Waals surface area contributed by atoms with Crippen molar-refractivity contribution >= 4 is 44.0 Å². The molecule has 3 aromatic heterocycles. The normalized spacial score (nSPS) is 11.6. The van der Waals surface area contributed by atoms with E-state index < -0.39 is 27.8 Å². The van der Waals surface area contributed by atoms with Crippen LogP contribution in [-0.4, -0.2) is 52.6 Å². The van der Waals surface area contributed by atoms with Crippen molar-refractivity contribution in [1.82, 2.24) is 24.6 Å². The minimum atomic E-state index is -4.09. The molecule has 5 rings (SSSR count). The second-order valence-electron chi connectivity index (χ2n) is 9.13. The van der Waals surface area contributed by atoms with Crippen LogP contribution in [0.25, 0.3) is 33.1 Å². The molecule has 0 unspecified atom stereocenters. The molecule has 0 saturated carbocycles. The maximum absolute atomic E-state index is 15.0. The Kier molecular flexibility index (Phi) is 7.18.